The van der Waals surface area contributed by atoms with Gasteiger partial charge in [0.2, 0.25) is 0 Å². The third-order valence-corrected chi connectivity index (χ3v) is 2.73. The third-order valence-electron chi connectivity index (χ3n) is 2.18. The van der Waals surface area contributed by atoms with Crippen LogP contribution in [0.25, 0.3) is 0 Å². The highest BCUT2D eigenvalue weighted by Crippen LogP contribution is 2.23. The number of aryl methyl sites for hydroxylation is 1. The fourth-order valence-electron chi connectivity index (χ4n) is 1.39. The van der Waals surface area contributed by atoms with Gasteiger partial charge in [0.15, 0.2) is 6.04 Å². The van der Waals surface area contributed by atoms with Crippen molar-refractivity contribution in [2.45, 2.75) is 26.3 Å². The van der Waals surface area contributed by atoms with Gasteiger partial charge in [-0.15, -0.1) is 0 Å². The van der Waals surface area contributed by atoms with Crippen molar-refractivity contribution in [3.05, 3.63) is 16.4 Å². The van der Waals surface area contributed by atoms with E-state index in [4.69, 9.17) is 21.8 Å². The van der Waals surface area contributed by atoms with Crippen LogP contribution < -0.4 is 0 Å². The van der Waals surface area contributed by atoms with Crippen LogP contribution in [0, 0.1) is 13.8 Å². The molecule has 0 bridgehead atoms. The van der Waals surface area contributed by atoms with Gasteiger partial charge in [0.1, 0.15) is 0 Å². The molecule has 7 heteroatoms. The van der Waals surface area contributed by atoms with Crippen LogP contribution in [0.4, 0.5) is 0 Å². The Kier molecular flexibility index (Phi) is 3.54. The van der Waals surface area contributed by atoms with Crippen LogP contribution in [0.5, 0.6) is 0 Å². The summed E-state index contributed by atoms with van der Waals surface area (Å²) in [5, 5.41) is 21.8. The molecule has 1 aromatic heterocycles. The van der Waals surface area contributed by atoms with E-state index < -0.39 is 24.4 Å². The van der Waals surface area contributed by atoms with Crippen molar-refractivity contribution in [2.75, 3.05) is 0 Å². The van der Waals surface area contributed by atoms with E-state index in [1.807, 2.05) is 0 Å². The van der Waals surface area contributed by atoms with Crippen molar-refractivity contribution in [2.24, 2.45) is 0 Å². The molecule has 16 heavy (non-hydrogen) atoms. The molecule has 1 rings (SSSR count). The highest BCUT2D eigenvalue weighted by Gasteiger charge is 2.26. The van der Waals surface area contributed by atoms with Crippen LogP contribution in [-0.2, 0) is 9.59 Å². The lowest BCUT2D eigenvalue weighted by Crippen LogP contribution is -2.24. The van der Waals surface area contributed by atoms with Gasteiger partial charge in [-0.2, -0.15) is 5.10 Å². The van der Waals surface area contributed by atoms with Crippen molar-refractivity contribution < 1.29 is 19.8 Å². The van der Waals surface area contributed by atoms with Crippen molar-refractivity contribution in [1.29, 1.82) is 0 Å². The average Bonchev–Trinajstić information content (AvgIpc) is 2.42. The van der Waals surface area contributed by atoms with Crippen molar-refractivity contribution in [3.63, 3.8) is 0 Å². The molecule has 0 saturated heterocycles. The fourth-order valence-corrected chi connectivity index (χ4v) is 1.51. The van der Waals surface area contributed by atoms with Gasteiger partial charge in [0.25, 0.3) is 0 Å². The van der Waals surface area contributed by atoms with E-state index in [0.29, 0.717) is 16.4 Å². The summed E-state index contributed by atoms with van der Waals surface area (Å²) < 4.78 is 1.13. The van der Waals surface area contributed by atoms with E-state index >= 15 is 0 Å². The van der Waals surface area contributed by atoms with Crippen LogP contribution >= 0.6 is 11.6 Å². The van der Waals surface area contributed by atoms with E-state index in [-0.39, 0.29) is 0 Å². The molecule has 0 aromatic carbocycles. The molecule has 0 aliphatic heterocycles. The van der Waals surface area contributed by atoms with E-state index in [0.717, 1.165) is 4.68 Å². The molecule has 0 amide bonds. The highest BCUT2D eigenvalue weighted by atomic mass is 35.5. The zero-order valence-electron chi connectivity index (χ0n) is 8.77. The second kappa shape index (κ2) is 4.52. The Bertz CT molecular complexity index is 441. The Labute approximate surface area is 96.4 Å². The van der Waals surface area contributed by atoms with Gasteiger partial charge in [0.05, 0.1) is 22.8 Å². The minimum atomic E-state index is -1.25. The average molecular weight is 247 g/mol. The van der Waals surface area contributed by atoms with Crippen LogP contribution in [0.1, 0.15) is 23.9 Å². The van der Waals surface area contributed by atoms with Crippen molar-refractivity contribution in [3.8, 4) is 0 Å². The Hall–Kier alpha value is -1.56. The Morgan fingerprint density at radius 1 is 1.44 bits per heavy atom. The van der Waals surface area contributed by atoms with Gasteiger partial charge in [0, 0.05) is 0 Å². The van der Waals surface area contributed by atoms with Crippen LogP contribution in [0.15, 0.2) is 0 Å². The Balaban J connectivity index is 3.16. The molecule has 88 valence electrons. The number of carboxylic acid groups (broad SMARTS) is 2. The Morgan fingerprint density at radius 3 is 2.31 bits per heavy atom. The first-order chi connectivity index (χ1) is 7.34. The summed E-state index contributed by atoms with van der Waals surface area (Å²) in [6.07, 6.45) is -0.534. The molecule has 2 N–H and O–H groups in total. The monoisotopic (exact) mass is 246 g/mol. The summed E-state index contributed by atoms with van der Waals surface area (Å²) in [5.41, 5.74) is 0.934. The number of aromatic nitrogens is 2. The lowest BCUT2D eigenvalue weighted by molar-refractivity contribution is -0.147. The van der Waals surface area contributed by atoms with E-state index in [1.54, 1.807) is 13.8 Å². The number of aliphatic carboxylic acids is 2. The second-order valence-corrected chi connectivity index (χ2v) is 3.76. The van der Waals surface area contributed by atoms with Crippen LogP contribution in [0.3, 0.4) is 0 Å². The van der Waals surface area contributed by atoms with E-state index in [2.05, 4.69) is 5.10 Å². The molecular weight excluding hydrogens is 236 g/mol. The number of hydrogen-bond acceptors (Lipinski definition) is 3. The predicted molar refractivity (Wildman–Crippen MR) is 55.6 cm³/mol. The maximum Gasteiger partial charge on any atom is 0.329 e. The molecule has 0 aliphatic carbocycles. The number of nitrogens with zero attached hydrogens (tertiary/aromatic N) is 2. The standard InChI is InChI=1S/C9H11ClN2O4/c1-4-8(10)5(2)12(11-4)6(9(15)16)3-7(13)14/h6H,3H2,1-2H3,(H,13,14)(H,15,16). The minimum absolute atomic E-state index is 0.358. The second-order valence-electron chi connectivity index (χ2n) is 3.38. The molecule has 6 nitrogen and oxygen atoms in total. The number of hydrogen-bond donors (Lipinski definition) is 2. The largest absolute Gasteiger partial charge is 0.481 e. The van der Waals surface area contributed by atoms with Crippen molar-refractivity contribution in [1.82, 2.24) is 9.78 Å². The SMILES string of the molecule is Cc1nn(C(CC(=O)O)C(=O)O)c(C)c1Cl. The summed E-state index contributed by atoms with van der Waals surface area (Å²) in [6.45, 7) is 3.23. The van der Waals surface area contributed by atoms with Crippen LogP contribution in [0.2, 0.25) is 5.02 Å². The van der Waals surface area contributed by atoms with Gasteiger partial charge < -0.3 is 10.2 Å². The molecule has 0 fully saturated rings. The van der Waals surface area contributed by atoms with Gasteiger partial charge in [-0.05, 0) is 13.8 Å². The van der Waals surface area contributed by atoms with Gasteiger partial charge in [-0.1, -0.05) is 11.6 Å². The molecule has 0 saturated carbocycles. The zero-order valence-corrected chi connectivity index (χ0v) is 9.52. The maximum atomic E-state index is 10.9. The van der Waals surface area contributed by atoms with E-state index in [1.165, 1.54) is 0 Å². The van der Waals surface area contributed by atoms with Gasteiger partial charge >= 0.3 is 11.9 Å². The summed E-state index contributed by atoms with van der Waals surface area (Å²) >= 11 is 5.86. The van der Waals surface area contributed by atoms with Crippen molar-refractivity contribution >= 4 is 23.5 Å². The number of rotatable bonds is 4. The smallest absolute Gasteiger partial charge is 0.329 e. The molecule has 0 spiro atoms. The number of halogens is 1. The zero-order chi connectivity index (χ0) is 12.5. The first kappa shape index (κ1) is 12.5. The lowest BCUT2D eigenvalue weighted by Gasteiger charge is -2.12. The van der Waals surface area contributed by atoms with E-state index in [9.17, 15) is 9.59 Å². The molecular formula is C9H11ClN2O4. The molecule has 1 heterocycles. The quantitative estimate of drug-likeness (QED) is 0.834. The molecule has 1 atom stereocenters. The minimum Gasteiger partial charge on any atom is -0.481 e. The summed E-state index contributed by atoms with van der Waals surface area (Å²) in [6, 6.07) is -1.23. The fraction of sp³-hybridized carbons (Fsp3) is 0.444. The predicted octanol–water partition coefficient (Wildman–Crippen LogP) is 1.25. The van der Waals surface area contributed by atoms with Gasteiger partial charge in [-0.3, -0.25) is 9.48 Å². The lowest BCUT2D eigenvalue weighted by atomic mass is 10.2. The Morgan fingerprint density at radius 2 is 2.00 bits per heavy atom. The summed E-state index contributed by atoms with van der Waals surface area (Å²) in [4.78, 5) is 21.5. The third kappa shape index (κ3) is 2.33. The normalized spacial score (nSPS) is 12.4. The first-order valence-corrected chi connectivity index (χ1v) is 4.88. The molecule has 0 aliphatic rings. The van der Waals surface area contributed by atoms with Gasteiger partial charge in [-0.25, -0.2) is 4.79 Å². The highest BCUT2D eigenvalue weighted by molar-refractivity contribution is 6.31. The summed E-state index contributed by atoms with van der Waals surface area (Å²) in [5.74, 6) is -2.44. The topological polar surface area (TPSA) is 92.4 Å². The molecule has 1 aromatic rings. The molecule has 0 radical (unpaired) electrons. The maximum absolute atomic E-state index is 10.9. The van der Waals surface area contributed by atoms with Crippen LogP contribution in [-0.4, -0.2) is 31.9 Å². The number of carboxylic acids is 2. The first-order valence-electron chi connectivity index (χ1n) is 4.50. The summed E-state index contributed by atoms with van der Waals surface area (Å²) in [7, 11) is 0. The molecule has 1 unspecified atom stereocenters. The number of carbonyl (C=O) groups is 2.